The summed E-state index contributed by atoms with van der Waals surface area (Å²) < 4.78 is 45.0. The number of rotatable bonds is 5. The van der Waals surface area contributed by atoms with Gasteiger partial charge >= 0.3 is 18.1 Å². The van der Waals surface area contributed by atoms with Crippen molar-refractivity contribution >= 4 is 17.6 Å². The molecule has 3 aromatic heterocycles. The van der Waals surface area contributed by atoms with Crippen molar-refractivity contribution in [2.45, 2.75) is 19.1 Å². The summed E-state index contributed by atoms with van der Waals surface area (Å²) >= 11 is 0. The fraction of sp³-hybridized carbons (Fsp3) is 0.143. The molecule has 1 unspecified atom stereocenters. The van der Waals surface area contributed by atoms with Crippen LogP contribution in [0, 0.1) is 0 Å². The number of halogens is 3. The molecule has 1 atom stereocenters. The number of amides is 2. The van der Waals surface area contributed by atoms with Crippen LogP contribution in [0.25, 0.3) is 11.1 Å². The average molecular weight is 456 g/mol. The van der Waals surface area contributed by atoms with Crippen molar-refractivity contribution < 1.29 is 27.2 Å². The zero-order chi connectivity index (χ0) is 23.4. The lowest BCUT2D eigenvalue weighted by Crippen LogP contribution is -2.39. The van der Waals surface area contributed by atoms with Crippen molar-refractivity contribution in [1.29, 1.82) is 0 Å². The van der Waals surface area contributed by atoms with Gasteiger partial charge in [-0.2, -0.15) is 13.2 Å². The van der Waals surface area contributed by atoms with Crippen molar-refractivity contribution in [3.05, 3.63) is 78.8 Å². The quantitative estimate of drug-likeness (QED) is 0.438. The molecule has 0 radical (unpaired) electrons. The third-order valence-corrected chi connectivity index (χ3v) is 4.73. The minimum absolute atomic E-state index is 0.0114. The largest absolute Gasteiger partial charge is 0.417 e. The maximum atomic E-state index is 12.8. The van der Waals surface area contributed by atoms with E-state index in [1.54, 1.807) is 12.4 Å². The lowest BCUT2D eigenvalue weighted by molar-refractivity contribution is -0.774. The van der Waals surface area contributed by atoms with E-state index >= 15 is 0 Å². The fourth-order valence-corrected chi connectivity index (χ4v) is 2.99. The van der Waals surface area contributed by atoms with Crippen LogP contribution in [0.15, 0.2) is 72.2 Å². The molecule has 3 heterocycles. The number of nitrogens with zero attached hydrogens (tertiary/aromatic N) is 5. The number of nitrogens with one attached hydrogen (secondary N) is 2. The molecule has 0 aliphatic rings. The maximum absolute atomic E-state index is 12.8. The molecule has 1 aromatic carbocycles. The predicted molar refractivity (Wildman–Crippen MR) is 110 cm³/mol. The topological polar surface area (TPSA) is 110 Å². The molecular formula is C21H17F3N7O2+. The molecule has 0 spiro atoms. The number of hydrogen-bond acceptors (Lipinski definition) is 6. The van der Waals surface area contributed by atoms with Gasteiger partial charge in [-0.05, 0) is 16.3 Å². The Labute approximate surface area is 185 Å². The zero-order valence-electron chi connectivity index (χ0n) is 17.1. The summed E-state index contributed by atoms with van der Waals surface area (Å²) in [4.78, 5) is 23.6. The SMILES string of the molecule is CC(c1ccc(-c2cncnc2)cc1)[n+]1cc(NC(=O)Nc2cncc(C(F)(F)F)c2)on1. The molecule has 0 bridgehead atoms. The third-order valence-electron chi connectivity index (χ3n) is 4.73. The molecule has 0 fully saturated rings. The summed E-state index contributed by atoms with van der Waals surface area (Å²) in [5.41, 5.74) is 1.68. The van der Waals surface area contributed by atoms with Crippen molar-refractivity contribution in [3.63, 3.8) is 0 Å². The van der Waals surface area contributed by atoms with Crippen LogP contribution in [0.4, 0.5) is 29.5 Å². The standard InChI is InChI=1S/C21H16F3N7O2/c1-13(14-2-4-15(5-3-14)16-7-26-12-27-8-16)31-11-19(33-30-31)29-20(32)28-18-6-17(9-25-10-18)21(22,23)24/h2-13H,1H3,(H-,28,29,30,32)/p+1. The summed E-state index contributed by atoms with van der Waals surface area (Å²) in [7, 11) is 0. The second-order valence-electron chi connectivity index (χ2n) is 7.01. The summed E-state index contributed by atoms with van der Waals surface area (Å²) in [6.45, 7) is 1.89. The molecule has 12 heteroatoms. The number of aromatic nitrogens is 5. The first kappa shape index (κ1) is 21.9. The van der Waals surface area contributed by atoms with E-state index in [2.05, 4.69) is 30.9 Å². The zero-order valence-corrected chi connectivity index (χ0v) is 17.1. The van der Waals surface area contributed by atoms with Gasteiger partial charge in [0.25, 0.3) is 6.20 Å². The number of alkyl halides is 3. The number of hydrogen-bond donors (Lipinski definition) is 2. The van der Waals surface area contributed by atoms with Gasteiger partial charge in [-0.1, -0.05) is 24.3 Å². The monoisotopic (exact) mass is 456 g/mol. The Balaban J connectivity index is 1.40. The minimum Gasteiger partial charge on any atom is -0.306 e. The summed E-state index contributed by atoms with van der Waals surface area (Å²) in [6.07, 6.45) is 3.57. The highest BCUT2D eigenvalue weighted by Crippen LogP contribution is 2.30. The van der Waals surface area contributed by atoms with Crippen molar-refractivity contribution in [1.82, 2.24) is 20.2 Å². The molecule has 168 valence electrons. The Kier molecular flexibility index (Phi) is 5.98. The van der Waals surface area contributed by atoms with E-state index in [9.17, 15) is 18.0 Å². The van der Waals surface area contributed by atoms with Gasteiger partial charge in [-0.15, -0.1) is 0 Å². The molecule has 4 aromatic rings. The van der Waals surface area contributed by atoms with Crippen LogP contribution < -0.4 is 15.3 Å². The van der Waals surface area contributed by atoms with Crippen molar-refractivity contribution in [2.24, 2.45) is 0 Å². The molecular weight excluding hydrogens is 439 g/mol. The van der Waals surface area contributed by atoms with E-state index in [1.807, 2.05) is 31.2 Å². The van der Waals surface area contributed by atoms with Crippen molar-refractivity contribution in [2.75, 3.05) is 10.6 Å². The molecule has 0 saturated heterocycles. The first-order valence-electron chi connectivity index (χ1n) is 9.63. The van der Waals surface area contributed by atoms with Gasteiger partial charge in [0.05, 0.1) is 17.4 Å². The number of benzene rings is 1. The third kappa shape index (κ3) is 5.29. The molecule has 9 nitrogen and oxygen atoms in total. The molecule has 0 aliphatic carbocycles. The normalized spacial score (nSPS) is 12.2. The van der Waals surface area contributed by atoms with Crippen LogP contribution in [0.1, 0.15) is 24.1 Å². The molecule has 0 saturated carbocycles. The Bertz CT molecular complexity index is 1240. The fourth-order valence-electron chi connectivity index (χ4n) is 2.99. The second-order valence-corrected chi connectivity index (χ2v) is 7.01. The summed E-state index contributed by atoms with van der Waals surface area (Å²) in [5.74, 6) is 0.0114. The smallest absolute Gasteiger partial charge is 0.306 e. The molecule has 4 rings (SSSR count). The Morgan fingerprint density at radius 1 is 1.00 bits per heavy atom. The number of pyridine rings is 1. The Hall–Kier alpha value is -4.35. The van der Waals surface area contributed by atoms with Gasteiger partial charge in [0.1, 0.15) is 6.33 Å². The number of carbonyl (C=O) groups excluding carboxylic acids is 1. The van der Waals surface area contributed by atoms with Crippen LogP contribution in [-0.4, -0.2) is 26.3 Å². The highest BCUT2D eigenvalue weighted by atomic mass is 19.4. The van der Waals surface area contributed by atoms with Gasteiger partial charge in [-0.3, -0.25) is 14.8 Å². The van der Waals surface area contributed by atoms with Crippen LogP contribution in [-0.2, 0) is 6.18 Å². The molecule has 0 aliphatic heterocycles. The van der Waals surface area contributed by atoms with E-state index in [0.717, 1.165) is 29.0 Å². The Morgan fingerprint density at radius 3 is 2.42 bits per heavy atom. The van der Waals surface area contributed by atoms with Gasteiger partial charge in [0, 0.05) is 36.6 Å². The van der Waals surface area contributed by atoms with E-state index in [-0.39, 0.29) is 17.6 Å². The summed E-state index contributed by atoms with van der Waals surface area (Å²) in [6, 6.07) is 7.47. The van der Waals surface area contributed by atoms with Gasteiger partial charge in [0.2, 0.25) is 11.3 Å². The van der Waals surface area contributed by atoms with Crippen LogP contribution in [0.5, 0.6) is 0 Å². The van der Waals surface area contributed by atoms with Crippen molar-refractivity contribution in [3.8, 4) is 11.1 Å². The average Bonchev–Trinajstić information content (AvgIpc) is 3.27. The van der Waals surface area contributed by atoms with Crippen LogP contribution in [0.2, 0.25) is 0 Å². The van der Waals surface area contributed by atoms with E-state index in [0.29, 0.717) is 6.20 Å². The highest BCUT2D eigenvalue weighted by Gasteiger charge is 2.31. The first-order valence-corrected chi connectivity index (χ1v) is 9.63. The van der Waals surface area contributed by atoms with E-state index in [4.69, 9.17) is 4.52 Å². The lowest BCUT2D eigenvalue weighted by atomic mass is 10.0. The highest BCUT2D eigenvalue weighted by molar-refractivity contribution is 5.98. The van der Waals surface area contributed by atoms with Crippen LogP contribution in [0.3, 0.4) is 0 Å². The summed E-state index contributed by atoms with van der Waals surface area (Å²) in [5, 5.41) is 8.56. The molecule has 2 N–H and O–H groups in total. The van der Waals surface area contributed by atoms with Gasteiger partial charge in [0.15, 0.2) is 0 Å². The predicted octanol–water partition coefficient (Wildman–Crippen LogP) is 4.09. The first-order chi connectivity index (χ1) is 15.8. The van der Waals surface area contributed by atoms with E-state index in [1.165, 1.54) is 17.2 Å². The number of anilines is 2. The Morgan fingerprint density at radius 2 is 1.73 bits per heavy atom. The minimum atomic E-state index is -4.57. The van der Waals surface area contributed by atoms with Gasteiger partial charge < -0.3 is 5.32 Å². The number of carbonyl (C=O) groups is 1. The number of urea groups is 1. The molecule has 33 heavy (non-hydrogen) atoms. The lowest BCUT2D eigenvalue weighted by Gasteiger charge is -2.08. The maximum Gasteiger partial charge on any atom is 0.417 e. The van der Waals surface area contributed by atoms with E-state index < -0.39 is 17.8 Å². The second kappa shape index (κ2) is 9.02. The van der Waals surface area contributed by atoms with Gasteiger partial charge in [-0.25, -0.2) is 14.8 Å². The van der Waals surface area contributed by atoms with Crippen LogP contribution >= 0.6 is 0 Å². The molecule has 2 amide bonds.